The zero-order chi connectivity index (χ0) is 22.5. The van der Waals surface area contributed by atoms with Crippen LogP contribution in [0.3, 0.4) is 0 Å². The number of aromatic amines is 1. The monoisotopic (exact) mass is 497 g/mol. The summed E-state index contributed by atoms with van der Waals surface area (Å²) in [7, 11) is 0. The van der Waals surface area contributed by atoms with Crippen molar-refractivity contribution in [3.8, 4) is 11.3 Å². The van der Waals surface area contributed by atoms with Crippen molar-refractivity contribution in [1.29, 1.82) is 0 Å². The number of anilines is 1. The Kier molecular flexibility index (Phi) is 4.89. The molecule has 0 radical (unpaired) electrons. The summed E-state index contributed by atoms with van der Waals surface area (Å²) in [5.74, 6) is -0.429. The maximum absolute atomic E-state index is 13.4. The second-order valence-corrected chi connectivity index (χ2v) is 8.32. The number of hydrogen-bond donors (Lipinski definition) is 1. The van der Waals surface area contributed by atoms with Crippen LogP contribution in [0.15, 0.2) is 83.3 Å². The fourth-order valence-corrected chi connectivity index (χ4v) is 4.29. The molecular weight excluding hydrogens is 483 g/mol. The van der Waals surface area contributed by atoms with E-state index in [2.05, 4.69) is 26.1 Å². The van der Waals surface area contributed by atoms with Crippen molar-refractivity contribution in [2.45, 2.75) is 12.2 Å². The lowest BCUT2D eigenvalue weighted by Gasteiger charge is -2.27. The Hall–Kier alpha value is -3.39. The molecule has 0 bridgehead atoms. The molecule has 4 aromatic rings. The maximum Gasteiger partial charge on any atom is 0.416 e. The van der Waals surface area contributed by atoms with Crippen LogP contribution in [-0.4, -0.2) is 16.1 Å². The zero-order valence-corrected chi connectivity index (χ0v) is 18.0. The molecule has 1 atom stereocenters. The molecule has 32 heavy (non-hydrogen) atoms. The highest BCUT2D eigenvalue weighted by atomic mass is 79.9. The lowest BCUT2D eigenvalue weighted by molar-refractivity contribution is -0.137. The smallest absolute Gasteiger partial charge is 0.295 e. The van der Waals surface area contributed by atoms with Crippen LogP contribution in [-0.2, 0) is 6.18 Å². The number of hydrogen-bond acceptors (Lipinski definition) is 2. The number of carbonyl (C=O) groups is 1. The van der Waals surface area contributed by atoms with Gasteiger partial charge in [-0.05, 0) is 35.9 Å². The van der Waals surface area contributed by atoms with E-state index in [1.807, 2.05) is 54.6 Å². The third kappa shape index (κ3) is 3.40. The van der Waals surface area contributed by atoms with Crippen LogP contribution in [0.4, 0.5) is 18.9 Å². The van der Waals surface area contributed by atoms with Gasteiger partial charge < -0.3 is 0 Å². The predicted octanol–water partition coefficient (Wildman–Crippen LogP) is 6.61. The Labute approximate surface area is 189 Å². The maximum atomic E-state index is 13.4. The lowest BCUT2D eigenvalue weighted by atomic mass is 9.96. The van der Waals surface area contributed by atoms with Crippen molar-refractivity contribution >= 4 is 27.5 Å². The highest BCUT2D eigenvalue weighted by molar-refractivity contribution is 9.10. The van der Waals surface area contributed by atoms with Gasteiger partial charge >= 0.3 is 6.18 Å². The number of aromatic nitrogens is 2. The van der Waals surface area contributed by atoms with Crippen LogP contribution in [0.2, 0.25) is 0 Å². The number of rotatable bonds is 3. The average Bonchev–Trinajstić information content (AvgIpc) is 3.34. The van der Waals surface area contributed by atoms with Gasteiger partial charge in [-0.15, -0.1) is 0 Å². The Balaban J connectivity index is 1.71. The van der Waals surface area contributed by atoms with Crippen LogP contribution in [0.5, 0.6) is 0 Å². The van der Waals surface area contributed by atoms with Crippen molar-refractivity contribution in [2.24, 2.45) is 0 Å². The number of halogens is 4. The minimum Gasteiger partial charge on any atom is -0.295 e. The minimum absolute atomic E-state index is 0.168. The van der Waals surface area contributed by atoms with E-state index in [-0.39, 0.29) is 11.4 Å². The summed E-state index contributed by atoms with van der Waals surface area (Å²) >= 11 is 3.41. The van der Waals surface area contributed by atoms with E-state index in [9.17, 15) is 18.0 Å². The van der Waals surface area contributed by atoms with Gasteiger partial charge in [0.2, 0.25) is 0 Å². The Morgan fingerprint density at radius 3 is 2.34 bits per heavy atom. The molecule has 5 rings (SSSR count). The topological polar surface area (TPSA) is 49.0 Å². The van der Waals surface area contributed by atoms with E-state index in [1.54, 1.807) is 0 Å². The number of alkyl halides is 3. The molecule has 0 spiro atoms. The molecular formula is C24H15BrF3N3O. The highest BCUT2D eigenvalue weighted by Gasteiger charge is 2.43. The number of fused-ring (bicyclic) bond motifs is 1. The van der Waals surface area contributed by atoms with E-state index in [0.29, 0.717) is 11.3 Å². The molecule has 1 N–H and O–H groups in total. The standard InChI is InChI=1S/C24H15BrF3N3O/c25-17-11-9-15(10-12-17)22-19-20(14-5-2-1-3-6-14)29-30-21(19)23(32)31(22)18-8-4-7-16(13-18)24(26,27)28/h1-13,22H,(H,29,30)/t22-/m0/s1. The first-order valence-corrected chi connectivity index (χ1v) is 10.5. The van der Waals surface area contributed by atoms with Crippen LogP contribution >= 0.6 is 15.9 Å². The quantitative estimate of drug-likeness (QED) is 0.346. The summed E-state index contributed by atoms with van der Waals surface area (Å²) in [4.78, 5) is 14.8. The van der Waals surface area contributed by atoms with E-state index >= 15 is 0 Å². The van der Waals surface area contributed by atoms with Gasteiger partial charge in [0, 0.05) is 21.3 Å². The summed E-state index contributed by atoms with van der Waals surface area (Å²) in [6.45, 7) is 0. The number of amides is 1. The number of nitrogens with one attached hydrogen (secondary N) is 1. The van der Waals surface area contributed by atoms with E-state index in [0.717, 1.165) is 27.7 Å². The zero-order valence-electron chi connectivity index (χ0n) is 16.4. The molecule has 0 unspecified atom stereocenters. The van der Waals surface area contributed by atoms with Crippen LogP contribution in [0.25, 0.3) is 11.3 Å². The largest absolute Gasteiger partial charge is 0.416 e. The van der Waals surface area contributed by atoms with Gasteiger partial charge in [0.05, 0.1) is 17.3 Å². The first kappa shape index (κ1) is 20.5. The van der Waals surface area contributed by atoms with E-state index in [4.69, 9.17) is 0 Å². The molecule has 0 saturated heterocycles. The van der Waals surface area contributed by atoms with Gasteiger partial charge in [-0.25, -0.2) is 0 Å². The van der Waals surface area contributed by atoms with Gasteiger partial charge in [-0.1, -0.05) is 64.5 Å². The molecule has 1 amide bonds. The van der Waals surface area contributed by atoms with Crippen molar-refractivity contribution in [1.82, 2.24) is 10.2 Å². The fourth-order valence-electron chi connectivity index (χ4n) is 4.02. The van der Waals surface area contributed by atoms with E-state index < -0.39 is 23.7 Å². The third-order valence-corrected chi connectivity index (χ3v) is 5.98. The van der Waals surface area contributed by atoms with Gasteiger partial charge in [0.1, 0.15) is 5.69 Å². The third-order valence-electron chi connectivity index (χ3n) is 5.45. The molecule has 1 aromatic heterocycles. The normalized spacial score (nSPS) is 15.8. The summed E-state index contributed by atoms with van der Waals surface area (Å²) in [6, 6.07) is 20.9. The van der Waals surface area contributed by atoms with Crippen molar-refractivity contribution in [3.05, 3.63) is 106 Å². The average molecular weight is 498 g/mol. The number of benzene rings is 3. The van der Waals surface area contributed by atoms with E-state index in [1.165, 1.54) is 17.0 Å². The van der Waals surface area contributed by atoms with Crippen molar-refractivity contribution in [3.63, 3.8) is 0 Å². The SMILES string of the molecule is O=C1c2[nH]nc(-c3ccccc3)c2[C@H](c2ccc(Br)cc2)N1c1cccc(C(F)(F)F)c1. The molecule has 2 heterocycles. The molecule has 1 aliphatic heterocycles. The summed E-state index contributed by atoms with van der Waals surface area (Å²) < 4.78 is 41.0. The Bertz CT molecular complexity index is 1300. The van der Waals surface area contributed by atoms with Gasteiger partial charge in [0.25, 0.3) is 5.91 Å². The second kappa shape index (κ2) is 7.63. The number of nitrogens with zero attached hydrogens (tertiary/aromatic N) is 2. The molecule has 4 nitrogen and oxygen atoms in total. The summed E-state index contributed by atoms with van der Waals surface area (Å²) in [6.07, 6.45) is -4.52. The molecule has 1 aliphatic rings. The fraction of sp³-hybridized carbons (Fsp3) is 0.0833. The van der Waals surface area contributed by atoms with Crippen molar-refractivity contribution < 1.29 is 18.0 Å². The van der Waals surface area contributed by atoms with Crippen LogP contribution in [0, 0.1) is 0 Å². The second-order valence-electron chi connectivity index (χ2n) is 7.40. The first-order valence-electron chi connectivity index (χ1n) is 9.74. The van der Waals surface area contributed by atoms with Crippen molar-refractivity contribution in [2.75, 3.05) is 4.90 Å². The lowest BCUT2D eigenvalue weighted by Crippen LogP contribution is -2.29. The predicted molar refractivity (Wildman–Crippen MR) is 118 cm³/mol. The first-order chi connectivity index (χ1) is 15.3. The molecule has 8 heteroatoms. The minimum atomic E-state index is -4.52. The number of carbonyl (C=O) groups excluding carboxylic acids is 1. The number of H-pyrrole nitrogens is 1. The molecule has 160 valence electrons. The molecule has 0 fully saturated rings. The van der Waals surface area contributed by atoms with Crippen LogP contribution in [0.1, 0.15) is 33.2 Å². The Morgan fingerprint density at radius 1 is 0.938 bits per heavy atom. The highest BCUT2D eigenvalue weighted by Crippen LogP contribution is 2.46. The Morgan fingerprint density at radius 2 is 1.66 bits per heavy atom. The summed E-state index contributed by atoms with van der Waals surface area (Å²) in [5.41, 5.74) is 2.43. The molecule has 0 saturated carbocycles. The van der Waals surface area contributed by atoms with Crippen LogP contribution < -0.4 is 4.90 Å². The van der Waals surface area contributed by atoms with Gasteiger partial charge in [0.15, 0.2) is 0 Å². The van der Waals surface area contributed by atoms with Gasteiger partial charge in [-0.3, -0.25) is 14.8 Å². The molecule has 3 aromatic carbocycles. The molecule has 0 aliphatic carbocycles. The van der Waals surface area contributed by atoms with Gasteiger partial charge in [-0.2, -0.15) is 18.3 Å². The summed E-state index contributed by atoms with van der Waals surface area (Å²) in [5, 5.41) is 7.19.